The number of rotatable bonds is 5. The molecule has 14 heavy (non-hydrogen) atoms. The molecule has 0 aliphatic heterocycles. The molecule has 0 aromatic rings. The smallest absolute Gasteiger partial charge is 0.147 e. The summed E-state index contributed by atoms with van der Waals surface area (Å²) in [6.07, 6.45) is 4.00. The van der Waals surface area contributed by atoms with Crippen molar-refractivity contribution in [2.75, 3.05) is 12.0 Å². The van der Waals surface area contributed by atoms with Crippen molar-refractivity contribution in [2.24, 2.45) is 17.1 Å². The Balaban J connectivity index is 2.20. The molecule has 0 saturated heterocycles. The lowest BCUT2D eigenvalue weighted by Gasteiger charge is -2.12. The molecule has 1 aliphatic rings. The van der Waals surface area contributed by atoms with E-state index < -0.39 is 9.84 Å². The van der Waals surface area contributed by atoms with Crippen LogP contribution in [0.4, 0.5) is 0 Å². The van der Waals surface area contributed by atoms with Crippen molar-refractivity contribution in [1.29, 1.82) is 0 Å². The standard InChI is InChI=1S/C10H21NO2S/c1-10(2)7-8(10)9(11)5-4-6-14(3,12)13/h8-9H,4-7,11H2,1-3H3. The first-order valence-electron chi connectivity index (χ1n) is 5.16. The highest BCUT2D eigenvalue weighted by Gasteiger charge is 2.48. The minimum Gasteiger partial charge on any atom is -0.327 e. The van der Waals surface area contributed by atoms with Gasteiger partial charge in [-0.2, -0.15) is 0 Å². The lowest BCUT2D eigenvalue weighted by molar-refractivity contribution is 0.454. The van der Waals surface area contributed by atoms with Crippen LogP contribution in [0, 0.1) is 11.3 Å². The lowest BCUT2D eigenvalue weighted by Crippen LogP contribution is -2.25. The molecule has 0 amide bonds. The maximum absolute atomic E-state index is 10.9. The zero-order valence-corrected chi connectivity index (χ0v) is 10.1. The molecule has 1 aliphatic carbocycles. The van der Waals surface area contributed by atoms with Gasteiger partial charge in [0.05, 0.1) is 0 Å². The van der Waals surface area contributed by atoms with Gasteiger partial charge in [0, 0.05) is 18.1 Å². The van der Waals surface area contributed by atoms with Gasteiger partial charge >= 0.3 is 0 Å². The molecule has 2 unspecified atom stereocenters. The van der Waals surface area contributed by atoms with E-state index in [4.69, 9.17) is 5.73 Å². The van der Waals surface area contributed by atoms with E-state index in [-0.39, 0.29) is 11.8 Å². The quantitative estimate of drug-likeness (QED) is 0.755. The predicted molar refractivity (Wildman–Crippen MR) is 58.8 cm³/mol. The van der Waals surface area contributed by atoms with Crippen LogP contribution in [-0.4, -0.2) is 26.5 Å². The highest BCUT2D eigenvalue weighted by atomic mass is 32.2. The summed E-state index contributed by atoms with van der Waals surface area (Å²) >= 11 is 0. The first kappa shape index (κ1) is 12.0. The third-order valence-electron chi connectivity index (χ3n) is 3.16. The molecule has 3 nitrogen and oxygen atoms in total. The average Bonchev–Trinajstić information content (AvgIpc) is 2.57. The lowest BCUT2D eigenvalue weighted by atomic mass is 10.0. The van der Waals surface area contributed by atoms with Gasteiger partial charge in [-0.15, -0.1) is 0 Å². The van der Waals surface area contributed by atoms with Gasteiger partial charge in [-0.25, -0.2) is 8.42 Å². The maximum Gasteiger partial charge on any atom is 0.147 e. The van der Waals surface area contributed by atoms with E-state index in [1.165, 1.54) is 12.7 Å². The van der Waals surface area contributed by atoms with Crippen molar-refractivity contribution < 1.29 is 8.42 Å². The fraction of sp³-hybridized carbons (Fsp3) is 1.00. The van der Waals surface area contributed by atoms with Gasteiger partial charge in [-0.3, -0.25) is 0 Å². The summed E-state index contributed by atoms with van der Waals surface area (Å²) in [6, 6.07) is 0.187. The second-order valence-electron chi connectivity index (χ2n) is 5.24. The molecule has 1 rings (SSSR count). The fourth-order valence-electron chi connectivity index (χ4n) is 2.02. The summed E-state index contributed by atoms with van der Waals surface area (Å²) in [5.74, 6) is 0.871. The minimum atomic E-state index is -2.81. The highest BCUT2D eigenvalue weighted by molar-refractivity contribution is 7.90. The van der Waals surface area contributed by atoms with Gasteiger partial charge in [0.15, 0.2) is 0 Å². The topological polar surface area (TPSA) is 60.2 Å². The van der Waals surface area contributed by atoms with Gasteiger partial charge in [0.2, 0.25) is 0 Å². The van der Waals surface area contributed by atoms with Crippen molar-refractivity contribution >= 4 is 9.84 Å². The molecule has 0 radical (unpaired) electrons. The van der Waals surface area contributed by atoms with Gasteiger partial charge in [-0.05, 0) is 30.6 Å². The fourth-order valence-corrected chi connectivity index (χ4v) is 2.71. The maximum atomic E-state index is 10.9. The van der Waals surface area contributed by atoms with Crippen molar-refractivity contribution in [3.05, 3.63) is 0 Å². The summed E-state index contributed by atoms with van der Waals surface area (Å²) in [5, 5.41) is 0. The van der Waals surface area contributed by atoms with Gasteiger partial charge in [-0.1, -0.05) is 13.8 Å². The Labute approximate surface area is 87.0 Å². The summed E-state index contributed by atoms with van der Waals surface area (Å²) in [6.45, 7) is 4.43. The van der Waals surface area contributed by atoms with Crippen molar-refractivity contribution in [1.82, 2.24) is 0 Å². The molecule has 0 bridgehead atoms. The van der Waals surface area contributed by atoms with Crippen LogP contribution in [0.5, 0.6) is 0 Å². The third-order valence-corrected chi connectivity index (χ3v) is 4.19. The van der Waals surface area contributed by atoms with E-state index >= 15 is 0 Å². The minimum absolute atomic E-state index is 0.187. The number of sulfone groups is 1. The molecule has 2 N–H and O–H groups in total. The first-order chi connectivity index (χ1) is 6.22. The van der Waals surface area contributed by atoms with Crippen molar-refractivity contribution in [3.63, 3.8) is 0 Å². The van der Waals surface area contributed by atoms with Crippen LogP contribution in [0.1, 0.15) is 33.1 Å². The van der Waals surface area contributed by atoms with Crippen LogP contribution >= 0.6 is 0 Å². The number of hydrogen-bond acceptors (Lipinski definition) is 3. The molecule has 0 spiro atoms. The molecule has 84 valence electrons. The number of hydrogen-bond donors (Lipinski definition) is 1. The second-order valence-corrected chi connectivity index (χ2v) is 7.49. The van der Waals surface area contributed by atoms with Crippen LogP contribution in [0.15, 0.2) is 0 Å². The zero-order chi connectivity index (χ0) is 11.0. The van der Waals surface area contributed by atoms with Gasteiger partial charge in [0.25, 0.3) is 0 Å². The molecule has 1 fully saturated rings. The molecule has 2 atom stereocenters. The normalized spacial score (nSPS) is 27.3. The SMILES string of the molecule is CC1(C)CC1C(N)CCCS(C)(=O)=O. The van der Waals surface area contributed by atoms with Crippen LogP contribution in [0.25, 0.3) is 0 Å². The Morgan fingerprint density at radius 2 is 2.00 bits per heavy atom. The average molecular weight is 219 g/mol. The van der Waals surface area contributed by atoms with E-state index in [2.05, 4.69) is 13.8 Å². The largest absolute Gasteiger partial charge is 0.327 e. The van der Waals surface area contributed by atoms with Crippen LogP contribution in [0.3, 0.4) is 0 Å². The van der Waals surface area contributed by atoms with E-state index in [1.54, 1.807) is 0 Å². The Morgan fingerprint density at radius 3 is 2.36 bits per heavy atom. The van der Waals surface area contributed by atoms with E-state index in [0.717, 1.165) is 6.42 Å². The Bertz CT molecular complexity index is 295. The van der Waals surface area contributed by atoms with E-state index in [9.17, 15) is 8.42 Å². The molecule has 0 heterocycles. The van der Waals surface area contributed by atoms with Crippen molar-refractivity contribution in [2.45, 2.75) is 39.2 Å². The molecule has 0 aromatic heterocycles. The van der Waals surface area contributed by atoms with Gasteiger partial charge in [0.1, 0.15) is 9.84 Å². The van der Waals surface area contributed by atoms with Crippen LogP contribution < -0.4 is 5.73 Å². The number of nitrogens with two attached hydrogens (primary N) is 1. The van der Waals surface area contributed by atoms with E-state index in [0.29, 0.717) is 17.8 Å². The summed E-state index contributed by atoms with van der Waals surface area (Å²) < 4.78 is 21.8. The molecule has 4 heteroatoms. The third kappa shape index (κ3) is 3.58. The Morgan fingerprint density at radius 1 is 1.50 bits per heavy atom. The summed E-state index contributed by atoms with van der Waals surface area (Å²) in [7, 11) is -2.81. The van der Waals surface area contributed by atoms with Crippen LogP contribution in [-0.2, 0) is 9.84 Å². The molecular formula is C10H21NO2S. The zero-order valence-electron chi connectivity index (χ0n) is 9.29. The monoisotopic (exact) mass is 219 g/mol. The first-order valence-corrected chi connectivity index (χ1v) is 7.22. The summed E-state index contributed by atoms with van der Waals surface area (Å²) in [4.78, 5) is 0. The molecule has 0 aromatic carbocycles. The Kier molecular flexibility index (Phi) is 3.26. The Hall–Kier alpha value is -0.0900. The second kappa shape index (κ2) is 3.81. The highest BCUT2D eigenvalue weighted by Crippen LogP contribution is 2.53. The van der Waals surface area contributed by atoms with Gasteiger partial charge < -0.3 is 5.73 Å². The summed E-state index contributed by atoms with van der Waals surface area (Å²) in [5.41, 5.74) is 6.38. The predicted octanol–water partition coefficient (Wildman–Crippen LogP) is 1.18. The molecular weight excluding hydrogens is 198 g/mol. The van der Waals surface area contributed by atoms with Crippen molar-refractivity contribution in [3.8, 4) is 0 Å². The van der Waals surface area contributed by atoms with Crippen LogP contribution in [0.2, 0.25) is 0 Å². The molecule has 1 saturated carbocycles. The van der Waals surface area contributed by atoms with E-state index in [1.807, 2.05) is 0 Å².